The molecule has 0 saturated heterocycles. The van der Waals surface area contributed by atoms with Gasteiger partial charge in [-0.15, -0.1) is 0 Å². The van der Waals surface area contributed by atoms with E-state index < -0.39 is 0 Å². The second-order valence-electron chi connectivity index (χ2n) is 8.51. The Labute approximate surface area is 171 Å². The van der Waals surface area contributed by atoms with Crippen LogP contribution in [-0.2, 0) is 17.6 Å². The Bertz CT molecular complexity index is 652. The van der Waals surface area contributed by atoms with Crippen LogP contribution >= 0.6 is 0 Å². The normalized spacial score (nSPS) is 12.3. The molecule has 0 bridgehead atoms. The zero-order chi connectivity index (χ0) is 21.2. The van der Waals surface area contributed by atoms with Gasteiger partial charge in [-0.1, -0.05) is 58.9 Å². The van der Waals surface area contributed by atoms with Crippen LogP contribution in [-0.4, -0.2) is 17.5 Å². The van der Waals surface area contributed by atoms with E-state index in [0.717, 1.165) is 25.0 Å². The van der Waals surface area contributed by atoms with Crippen molar-refractivity contribution in [2.24, 2.45) is 5.41 Å². The number of hydrogen-bond acceptors (Lipinski definition) is 3. The Balaban J connectivity index is 0.000000362. The Morgan fingerprint density at radius 2 is 1.29 bits per heavy atom. The molecule has 2 rings (SSSR count). The summed E-state index contributed by atoms with van der Waals surface area (Å²) in [6, 6.07) is 15.5. The van der Waals surface area contributed by atoms with Crippen molar-refractivity contribution in [1.29, 1.82) is 0 Å². The number of rotatable bonds is 7. The van der Waals surface area contributed by atoms with Gasteiger partial charge >= 0.3 is 0 Å². The minimum atomic E-state index is -0.188. The number of phenols is 1. The molecule has 28 heavy (non-hydrogen) atoms. The minimum Gasteiger partial charge on any atom is -0.508 e. The molecule has 2 aromatic carbocycles. The topological polar surface area (TPSA) is 38.7 Å². The SMILES string of the molecule is CCc1ccc(O)cc1.CCc1ccc(OC(CC(C)(C)C)OC(C)C)cc1. The number of ether oxygens (including phenoxy) is 2. The summed E-state index contributed by atoms with van der Waals surface area (Å²) in [5, 5.41) is 8.85. The van der Waals surface area contributed by atoms with E-state index in [4.69, 9.17) is 14.6 Å². The smallest absolute Gasteiger partial charge is 0.200 e. The molecule has 0 spiro atoms. The van der Waals surface area contributed by atoms with Crippen molar-refractivity contribution in [3.05, 3.63) is 59.7 Å². The van der Waals surface area contributed by atoms with Gasteiger partial charge in [0.15, 0.2) is 0 Å². The van der Waals surface area contributed by atoms with Gasteiger partial charge in [-0.05, 0) is 67.5 Å². The van der Waals surface area contributed by atoms with E-state index in [-0.39, 0.29) is 17.8 Å². The van der Waals surface area contributed by atoms with Crippen molar-refractivity contribution < 1.29 is 14.6 Å². The van der Waals surface area contributed by atoms with E-state index >= 15 is 0 Å². The van der Waals surface area contributed by atoms with Crippen LogP contribution in [0.25, 0.3) is 0 Å². The third-order valence-electron chi connectivity index (χ3n) is 4.15. The van der Waals surface area contributed by atoms with Crippen LogP contribution in [0.2, 0.25) is 0 Å². The van der Waals surface area contributed by atoms with Crippen LogP contribution < -0.4 is 4.74 Å². The van der Waals surface area contributed by atoms with Gasteiger partial charge in [-0.3, -0.25) is 0 Å². The van der Waals surface area contributed by atoms with Crippen molar-refractivity contribution in [3.8, 4) is 11.5 Å². The molecule has 0 aliphatic carbocycles. The summed E-state index contributed by atoms with van der Waals surface area (Å²) in [6.45, 7) is 14.9. The fraction of sp³-hybridized carbons (Fsp3) is 0.520. The molecule has 0 fully saturated rings. The highest BCUT2D eigenvalue weighted by atomic mass is 16.7. The van der Waals surface area contributed by atoms with Crippen LogP contribution in [0.4, 0.5) is 0 Å². The number of hydrogen-bond donors (Lipinski definition) is 1. The molecule has 2 aromatic rings. The Hall–Kier alpha value is -2.00. The van der Waals surface area contributed by atoms with E-state index in [0.29, 0.717) is 5.75 Å². The molecule has 0 radical (unpaired) electrons. The zero-order valence-electron chi connectivity index (χ0n) is 18.7. The lowest BCUT2D eigenvalue weighted by Crippen LogP contribution is -2.29. The molecule has 1 unspecified atom stereocenters. The molecule has 156 valence electrons. The summed E-state index contributed by atoms with van der Waals surface area (Å²) >= 11 is 0. The first-order valence-electron chi connectivity index (χ1n) is 10.3. The lowest BCUT2D eigenvalue weighted by Gasteiger charge is -2.28. The first kappa shape index (κ1) is 24.0. The van der Waals surface area contributed by atoms with Crippen LogP contribution in [0.5, 0.6) is 11.5 Å². The highest BCUT2D eigenvalue weighted by molar-refractivity contribution is 5.27. The second-order valence-corrected chi connectivity index (χ2v) is 8.51. The number of benzene rings is 2. The maximum absolute atomic E-state index is 8.85. The lowest BCUT2D eigenvalue weighted by molar-refractivity contribution is -0.124. The molecule has 1 atom stereocenters. The molecular weight excluding hydrogens is 348 g/mol. The summed E-state index contributed by atoms with van der Waals surface area (Å²) in [7, 11) is 0. The number of aryl methyl sites for hydroxylation is 2. The standard InChI is InChI=1S/C17H28O2.C8H10O/c1-7-14-8-10-15(11-9-14)19-16(18-13(2)3)12-17(4,5)6;1-2-7-3-5-8(9)6-4-7/h8-11,13,16H,7,12H2,1-6H3;3-6,9H,2H2,1H3. The van der Waals surface area contributed by atoms with Crippen LogP contribution in [0, 0.1) is 5.41 Å². The lowest BCUT2D eigenvalue weighted by atomic mass is 9.92. The molecule has 0 saturated carbocycles. The van der Waals surface area contributed by atoms with Gasteiger partial charge in [-0.25, -0.2) is 0 Å². The monoisotopic (exact) mass is 386 g/mol. The quantitative estimate of drug-likeness (QED) is 0.534. The van der Waals surface area contributed by atoms with E-state index in [2.05, 4.69) is 46.8 Å². The molecule has 0 aliphatic heterocycles. The molecule has 3 nitrogen and oxygen atoms in total. The maximum atomic E-state index is 8.85. The highest BCUT2D eigenvalue weighted by Crippen LogP contribution is 2.25. The van der Waals surface area contributed by atoms with Crippen molar-refractivity contribution in [2.45, 2.75) is 80.1 Å². The molecule has 1 N–H and O–H groups in total. The van der Waals surface area contributed by atoms with Crippen LogP contribution in [0.1, 0.15) is 66.0 Å². The molecule has 0 aliphatic rings. The summed E-state index contributed by atoms with van der Waals surface area (Å²) in [4.78, 5) is 0. The summed E-state index contributed by atoms with van der Waals surface area (Å²) in [6.07, 6.45) is 2.93. The van der Waals surface area contributed by atoms with Crippen molar-refractivity contribution >= 4 is 0 Å². The average Bonchev–Trinajstić information content (AvgIpc) is 2.61. The minimum absolute atomic E-state index is 0.169. The predicted octanol–water partition coefficient (Wildman–Crippen LogP) is 6.77. The van der Waals surface area contributed by atoms with Crippen molar-refractivity contribution in [3.63, 3.8) is 0 Å². The third kappa shape index (κ3) is 10.4. The Morgan fingerprint density at radius 3 is 1.68 bits per heavy atom. The first-order valence-corrected chi connectivity index (χ1v) is 10.3. The summed E-state index contributed by atoms with van der Waals surface area (Å²) < 4.78 is 11.8. The van der Waals surface area contributed by atoms with Crippen LogP contribution in [0.15, 0.2) is 48.5 Å². The second kappa shape index (κ2) is 11.8. The van der Waals surface area contributed by atoms with Crippen LogP contribution in [0.3, 0.4) is 0 Å². The van der Waals surface area contributed by atoms with Gasteiger partial charge < -0.3 is 14.6 Å². The third-order valence-corrected chi connectivity index (χ3v) is 4.15. The number of aromatic hydroxyl groups is 1. The predicted molar refractivity (Wildman–Crippen MR) is 118 cm³/mol. The zero-order valence-corrected chi connectivity index (χ0v) is 18.7. The van der Waals surface area contributed by atoms with E-state index in [1.54, 1.807) is 12.1 Å². The fourth-order valence-corrected chi connectivity index (χ4v) is 2.61. The summed E-state index contributed by atoms with van der Waals surface area (Å²) in [5.74, 6) is 1.22. The Kier molecular flexibility index (Phi) is 10.1. The maximum Gasteiger partial charge on any atom is 0.200 e. The van der Waals surface area contributed by atoms with Gasteiger partial charge in [-0.2, -0.15) is 0 Å². The van der Waals surface area contributed by atoms with Gasteiger partial charge in [0, 0.05) is 6.42 Å². The van der Waals surface area contributed by atoms with Gasteiger partial charge in [0.2, 0.25) is 6.29 Å². The molecule has 0 amide bonds. The molecule has 0 heterocycles. The molecular formula is C25H38O3. The largest absolute Gasteiger partial charge is 0.508 e. The fourth-order valence-electron chi connectivity index (χ4n) is 2.61. The van der Waals surface area contributed by atoms with Crippen molar-refractivity contribution in [1.82, 2.24) is 0 Å². The van der Waals surface area contributed by atoms with Crippen molar-refractivity contribution in [2.75, 3.05) is 0 Å². The van der Waals surface area contributed by atoms with Gasteiger partial charge in [0.05, 0.1) is 6.10 Å². The summed E-state index contributed by atoms with van der Waals surface area (Å²) in [5.41, 5.74) is 2.76. The van der Waals surface area contributed by atoms with Gasteiger partial charge in [0.25, 0.3) is 0 Å². The van der Waals surface area contributed by atoms with Gasteiger partial charge in [0.1, 0.15) is 11.5 Å². The molecule has 3 heteroatoms. The number of phenolic OH excluding ortho intramolecular Hbond substituents is 1. The highest BCUT2D eigenvalue weighted by Gasteiger charge is 2.21. The van der Waals surface area contributed by atoms with E-state index in [9.17, 15) is 0 Å². The average molecular weight is 387 g/mol. The molecule has 0 aromatic heterocycles. The first-order chi connectivity index (χ1) is 13.1. The van der Waals surface area contributed by atoms with E-state index in [1.807, 2.05) is 38.1 Å². The van der Waals surface area contributed by atoms with E-state index in [1.165, 1.54) is 11.1 Å². The Morgan fingerprint density at radius 1 is 0.821 bits per heavy atom.